The Morgan fingerprint density at radius 3 is 2.55 bits per heavy atom. The lowest BCUT2D eigenvalue weighted by Crippen LogP contribution is -2.29. The number of halogens is 1. The minimum absolute atomic E-state index is 0.0305. The number of amides is 1. The fourth-order valence-corrected chi connectivity index (χ4v) is 4.10. The lowest BCUT2D eigenvalue weighted by molar-refractivity contribution is -0.132. The molecule has 3 aromatic rings. The van der Waals surface area contributed by atoms with Gasteiger partial charge in [-0.2, -0.15) is 0 Å². The molecule has 1 aliphatic heterocycles. The van der Waals surface area contributed by atoms with E-state index in [9.17, 15) is 14.7 Å². The van der Waals surface area contributed by atoms with Gasteiger partial charge in [-0.05, 0) is 29.8 Å². The summed E-state index contributed by atoms with van der Waals surface area (Å²) >= 11 is 7.24. The number of hydrogen-bond donors (Lipinski definition) is 1. The average Bonchev–Trinajstić information content (AvgIpc) is 3.35. The van der Waals surface area contributed by atoms with Gasteiger partial charge in [0.2, 0.25) is 0 Å². The summed E-state index contributed by atoms with van der Waals surface area (Å²) in [5.74, 6) is -1.46. The highest BCUT2D eigenvalue weighted by molar-refractivity contribution is 7.14. The van der Waals surface area contributed by atoms with Crippen LogP contribution in [0.5, 0.6) is 5.75 Å². The van der Waals surface area contributed by atoms with Gasteiger partial charge in [-0.25, -0.2) is 4.98 Å². The van der Waals surface area contributed by atoms with Crippen molar-refractivity contribution in [1.29, 1.82) is 0 Å². The first-order valence-electron chi connectivity index (χ1n) is 8.62. The molecule has 8 heteroatoms. The molecule has 4 rings (SSSR count). The number of ketones is 1. The number of anilines is 1. The molecule has 1 saturated heterocycles. The third-order valence-electron chi connectivity index (χ3n) is 4.62. The lowest BCUT2D eigenvalue weighted by atomic mass is 9.95. The Bertz CT molecular complexity index is 1110. The van der Waals surface area contributed by atoms with Crippen molar-refractivity contribution in [1.82, 2.24) is 4.98 Å². The Labute approximate surface area is 175 Å². The van der Waals surface area contributed by atoms with Gasteiger partial charge >= 0.3 is 5.91 Å². The number of rotatable bonds is 4. The van der Waals surface area contributed by atoms with Gasteiger partial charge < -0.3 is 9.84 Å². The van der Waals surface area contributed by atoms with E-state index in [0.717, 1.165) is 0 Å². The normalized spacial score (nSPS) is 18.3. The zero-order valence-electron chi connectivity index (χ0n) is 15.2. The number of thiazole rings is 1. The number of aromatic nitrogens is 1. The molecule has 146 valence electrons. The van der Waals surface area contributed by atoms with E-state index in [1.54, 1.807) is 60.1 Å². The molecule has 1 N–H and O–H groups in total. The van der Waals surface area contributed by atoms with Crippen molar-refractivity contribution < 1.29 is 19.4 Å². The van der Waals surface area contributed by atoms with E-state index < -0.39 is 17.7 Å². The molecule has 1 unspecified atom stereocenters. The van der Waals surface area contributed by atoms with E-state index in [-0.39, 0.29) is 11.3 Å². The molecule has 0 radical (unpaired) electrons. The minimum atomic E-state index is -0.844. The number of nitrogens with zero attached hydrogens (tertiary/aromatic N) is 2. The number of benzene rings is 2. The van der Waals surface area contributed by atoms with Crippen molar-refractivity contribution in [2.45, 2.75) is 6.04 Å². The number of ether oxygens (including phenoxy) is 1. The molecular formula is C21H15ClN2O4S. The molecule has 6 nitrogen and oxygen atoms in total. The number of carbonyl (C=O) groups is 2. The number of Topliss-reactive ketones (excluding diaryl/α,β-unsaturated/α-hetero) is 1. The third-order valence-corrected chi connectivity index (χ3v) is 5.64. The van der Waals surface area contributed by atoms with E-state index in [2.05, 4.69) is 4.98 Å². The Morgan fingerprint density at radius 2 is 1.90 bits per heavy atom. The standard InChI is InChI=1S/C21H15ClN2O4S/c1-28-15-5-3-2-4-14(15)18(25)16-17(12-6-8-13(22)9-7-12)24(20(27)19(16)26)21-23-10-11-29-21/h2-11,17,25H,1H3/b18-16+. The molecule has 0 bridgehead atoms. The summed E-state index contributed by atoms with van der Waals surface area (Å²) in [5, 5.41) is 13.7. The molecule has 1 aliphatic rings. The summed E-state index contributed by atoms with van der Waals surface area (Å²) in [7, 11) is 1.47. The van der Waals surface area contributed by atoms with Gasteiger partial charge in [-0.15, -0.1) is 11.3 Å². The van der Waals surface area contributed by atoms with Crippen LogP contribution in [0.2, 0.25) is 5.02 Å². The molecule has 2 heterocycles. The van der Waals surface area contributed by atoms with Crippen molar-refractivity contribution in [3.05, 3.63) is 81.8 Å². The van der Waals surface area contributed by atoms with Crippen LogP contribution in [0.1, 0.15) is 17.2 Å². The average molecular weight is 427 g/mol. The lowest BCUT2D eigenvalue weighted by Gasteiger charge is -2.23. The molecule has 0 aliphatic carbocycles. The summed E-state index contributed by atoms with van der Waals surface area (Å²) < 4.78 is 5.31. The first-order chi connectivity index (χ1) is 14.0. The Morgan fingerprint density at radius 1 is 1.17 bits per heavy atom. The quantitative estimate of drug-likeness (QED) is 0.379. The van der Waals surface area contributed by atoms with Gasteiger partial charge in [0, 0.05) is 16.6 Å². The van der Waals surface area contributed by atoms with Crippen molar-refractivity contribution in [3.8, 4) is 5.75 Å². The highest BCUT2D eigenvalue weighted by Gasteiger charge is 2.48. The molecule has 2 aromatic carbocycles. The number of aliphatic hydroxyl groups is 1. The highest BCUT2D eigenvalue weighted by atomic mass is 35.5. The number of carbonyl (C=O) groups excluding carboxylic acids is 2. The molecule has 1 fully saturated rings. The maximum absolute atomic E-state index is 13.0. The molecular weight excluding hydrogens is 412 g/mol. The van der Waals surface area contributed by atoms with E-state index in [1.807, 2.05) is 0 Å². The van der Waals surface area contributed by atoms with Crippen LogP contribution in [0, 0.1) is 0 Å². The summed E-state index contributed by atoms with van der Waals surface area (Å²) in [6, 6.07) is 12.7. The largest absolute Gasteiger partial charge is 0.507 e. The third kappa shape index (κ3) is 3.28. The molecule has 0 saturated carbocycles. The first-order valence-corrected chi connectivity index (χ1v) is 9.88. The van der Waals surface area contributed by atoms with Crippen LogP contribution in [0.3, 0.4) is 0 Å². The second kappa shape index (κ2) is 7.69. The van der Waals surface area contributed by atoms with Gasteiger partial charge in [0.25, 0.3) is 5.78 Å². The Hall–Kier alpha value is -3.16. The van der Waals surface area contributed by atoms with Gasteiger partial charge in [0.05, 0.1) is 24.3 Å². The van der Waals surface area contributed by atoms with Crippen molar-refractivity contribution in [2.75, 3.05) is 12.0 Å². The molecule has 1 aromatic heterocycles. The van der Waals surface area contributed by atoms with Gasteiger partial charge in [0.15, 0.2) is 5.13 Å². The summed E-state index contributed by atoms with van der Waals surface area (Å²) in [6.07, 6.45) is 1.55. The van der Waals surface area contributed by atoms with Crippen LogP contribution in [0.4, 0.5) is 5.13 Å². The van der Waals surface area contributed by atoms with Crippen molar-refractivity contribution in [2.24, 2.45) is 0 Å². The van der Waals surface area contributed by atoms with E-state index in [0.29, 0.717) is 27.0 Å². The maximum atomic E-state index is 13.0. The first kappa shape index (κ1) is 19.2. The van der Waals surface area contributed by atoms with Gasteiger partial charge in [-0.3, -0.25) is 14.5 Å². The number of aliphatic hydroxyl groups excluding tert-OH is 1. The van der Waals surface area contributed by atoms with E-state index >= 15 is 0 Å². The molecule has 29 heavy (non-hydrogen) atoms. The van der Waals surface area contributed by atoms with E-state index in [4.69, 9.17) is 16.3 Å². The summed E-state index contributed by atoms with van der Waals surface area (Å²) in [5.41, 5.74) is 0.920. The number of methoxy groups -OCH3 is 1. The second-order valence-electron chi connectivity index (χ2n) is 6.24. The molecule has 1 atom stereocenters. The second-order valence-corrected chi connectivity index (χ2v) is 7.55. The van der Waals surface area contributed by atoms with Crippen LogP contribution in [0.15, 0.2) is 65.7 Å². The van der Waals surface area contributed by atoms with Crippen LogP contribution in [-0.2, 0) is 9.59 Å². The van der Waals surface area contributed by atoms with Gasteiger partial charge in [0.1, 0.15) is 11.5 Å². The van der Waals surface area contributed by atoms with Crippen LogP contribution >= 0.6 is 22.9 Å². The predicted molar refractivity (Wildman–Crippen MR) is 111 cm³/mol. The topological polar surface area (TPSA) is 79.7 Å². The molecule has 1 amide bonds. The predicted octanol–water partition coefficient (Wildman–Crippen LogP) is 4.43. The SMILES string of the molecule is COc1ccccc1/C(O)=C1\C(=O)C(=O)N(c2nccs2)C1c1ccc(Cl)cc1. The van der Waals surface area contributed by atoms with Gasteiger partial charge in [-0.1, -0.05) is 35.9 Å². The van der Waals surface area contributed by atoms with E-state index in [1.165, 1.54) is 23.3 Å². The number of hydrogen-bond acceptors (Lipinski definition) is 6. The zero-order valence-corrected chi connectivity index (χ0v) is 16.8. The summed E-state index contributed by atoms with van der Waals surface area (Å²) in [4.78, 5) is 31.4. The Balaban J connectivity index is 1.96. The monoisotopic (exact) mass is 426 g/mol. The zero-order chi connectivity index (χ0) is 20.5. The highest BCUT2D eigenvalue weighted by Crippen LogP contribution is 2.43. The van der Waals surface area contributed by atoms with Crippen LogP contribution < -0.4 is 9.64 Å². The number of para-hydroxylation sites is 1. The smallest absolute Gasteiger partial charge is 0.301 e. The fourth-order valence-electron chi connectivity index (χ4n) is 3.31. The minimum Gasteiger partial charge on any atom is -0.507 e. The maximum Gasteiger partial charge on any atom is 0.301 e. The molecule has 0 spiro atoms. The van der Waals surface area contributed by atoms with Crippen LogP contribution in [-0.4, -0.2) is 28.9 Å². The summed E-state index contributed by atoms with van der Waals surface area (Å²) in [6.45, 7) is 0. The van der Waals surface area contributed by atoms with Crippen molar-refractivity contribution in [3.63, 3.8) is 0 Å². The van der Waals surface area contributed by atoms with Crippen LogP contribution in [0.25, 0.3) is 5.76 Å². The van der Waals surface area contributed by atoms with Crippen molar-refractivity contribution >= 4 is 45.5 Å². The fraction of sp³-hybridized carbons (Fsp3) is 0.0952. The Kier molecular flexibility index (Phi) is 5.08.